The van der Waals surface area contributed by atoms with Crippen LogP contribution in [0.3, 0.4) is 0 Å². The number of aromatic nitrogens is 2. The molecule has 1 spiro atoms. The Morgan fingerprint density at radius 1 is 1.36 bits per heavy atom. The zero-order chi connectivity index (χ0) is 19.8. The van der Waals surface area contributed by atoms with Gasteiger partial charge in [-0.1, -0.05) is 0 Å². The van der Waals surface area contributed by atoms with Crippen molar-refractivity contribution in [3.63, 3.8) is 0 Å². The summed E-state index contributed by atoms with van der Waals surface area (Å²) in [6.07, 6.45) is 8.48. The number of halogens is 1. The van der Waals surface area contributed by atoms with Gasteiger partial charge in [0.15, 0.2) is 0 Å². The zero-order valence-corrected chi connectivity index (χ0v) is 15.4. The molecule has 1 amide bonds. The molecule has 3 N–H and O–H groups in total. The fourth-order valence-corrected chi connectivity index (χ4v) is 3.74. The number of amides is 1. The highest BCUT2D eigenvalue weighted by atomic mass is 19.1. The highest BCUT2D eigenvalue weighted by Crippen LogP contribution is 2.79. The number of nitrogens with one attached hydrogen (secondary N) is 1. The number of amidine groups is 1. The summed E-state index contributed by atoms with van der Waals surface area (Å²) in [4.78, 5) is 25.1. The van der Waals surface area contributed by atoms with Crippen LogP contribution in [0.4, 0.5) is 10.1 Å². The summed E-state index contributed by atoms with van der Waals surface area (Å²) in [6.45, 7) is 0. The molecule has 2 aromatic heterocycles. The molecule has 2 fully saturated rings. The van der Waals surface area contributed by atoms with E-state index < -0.39 is 17.1 Å². The average Bonchev–Trinajstić information content (AvgIpc) is 3.60. The van der Waals surface area contributed by atoms with Crippen LogP contribution in [0.1, 0.15) is 25.0 Å². The van der Waals surface area contributed by atoms with Crippen LogP contribution >= 0.6 is 0 Å². The summed E-state index contributed by atoms with van der Waals surface area (Å²) in [5.41, 5.74) is 5.64. The molecule has 0 saturated heterocycles. The SMILES string of the molecule is COc1cc(N/C=C\C(N)=NC(=O)C2(c3ncccc3F)CC23CC3)ccn1. The Labute approximate surface area is 161 Å². The number of carbonyl (C=O) groups excluding carboxylic acids is 1. The summed E-state index contributed by atoms with van der Waals surface area (Å²) in [5.74, 6) is -0.400. The molecule has 2 aromatic rings. The van der Waals surface area contributed by atoms with Crippen molar-refractivity contribution >= 4 is 17.4 Å². The minimum atomic E-state index is -0.983. The maximum Gasteiger partial charge on any atom is 0.260 e. The van der Waals surface area contributed by atoms with Crippen molar-refractivity contribution < 1.29 is 13.9 Å². The van der Waals surface area contributed by atoms with Crippen LogP contribution in [0.15, 0.2) is 53.9 Å². The van der Waals surface area contributed by atoms with E-state index in [0.29, 0.717) is 12.3 Å². The van der Waals surface area contributed by atoms with Crippen molar-refractivity contribution in [2.45, 2.75) is 24.7 Å². The summed E-state index contributed by atoms with van der Waals surface area (Å²) >= 11 is 0. The van der Waals surface area contributed by atoms with E-state index in [1.165, 1.54) is 31.5 Å². The molecule has 2 aliphatic rings. The predicted octanol–water partition coefficient (Wildman–Crippen LogP) is 2.56. The lowest BCUT2D eigenvalue weighted by Crippen LogP contribution is -2.27. The molecule has 1 unspecified atom stereocenters. The van der Waals surface area contributed by atoms with Gasteiger partial charge in [0, 0.05) is 30.3 Å². The summed E-state index contributed by atoms with van der Waals surface area (Å²) in [7, 11) is 1.53. The Kier molecular flexibility index (Phi) is 4.33. The summed E-state index contributed by atoms with van der Waals surface area (Å²) < 4.78 is 19.4. The van der Waals surface area contributed by atoms with Crippen molar-refractivity contribution in [3.8, 4) is 5.88 Å². The first-order valence-electron chi connectivity index (χ1n) is 8.93. The molecule has 2 saturated carbocycles. The molecular weight excluding hydrogens is 361 g/mol. The molecule has 7 nitrogen and oxygen atoms in total. The second-order valence-corrected chi connectivity index (χ2v) is 7.10. The molecule has 0 aromatic carbocycles. The number of nitrogens with two attached hydrogens (primary N) is 1. The van der Waals surface area contributed by atoms with E-state index in [0.717, 1.165) is 18.5 Å². The van der Waals surface area contributed by atoms with Gasteiger partial charge in [-0.3, -0.25) is 9.78 Å². The smallest absolute Gasteiger partial charge is 0.260 e. The third kappa shape index (κ3) is 3.00. The third-order valence-electron chi connectivity index (χ3n) is 5.44. The van der Waals surface area contributed by atoms with E-state index >= 15 is 0 Å². The van der Waals surface area contributed by atoms with Crippen LogP contribution in [0.25, 0.3) is 0 Å². The number of ether oxygens (including phenoxy) is 1. The molecule has 144 valence electrons. The Balaban J connectivity index is 1.50. The Hall–Kier alpha value is -3.29. The maximum absolute atomic E-state index is 14.3. The summed E-state index contributed by atoms with van der Waals surface area (Å²) in [6, 6.07) is 6.30. The zero-order valence-electron chi connectivity index (χ0n) is 15.4. The monoisotopic (exact) mass is 381 g/mol. The van der Waals surface area contributed by atoms with Crippen LogP contribution in [0.2, 0.25) is 0 Å². The van der Waals surface area contributed by atoms with Crippen LogP contribution in [-0.4, -0.2) is 28.8 Å². The topological polar surface area (TPSA) is 102 Å². The van der Waals surface area contributed by atoms with Crippen LogP contribution < -0.4 is 15.8 Å². The summed E-state index contributed by atoms with van der Waals surface area (Å²) in [5, 5.41) is 3.00. The van der Waals surface area contributed by atoms with Gasteiger partial charge in [-0.2, -0.15) is 4.99 Å². The fraction of sp³-hybridized carbons (Fsp3) is 0.300. The van der Waals surface area contributed by atoms with Gasteiger partial charge in [-0.25, -0.2) is 9.37 Å². The van der Waals surface area contributed by atoms with Crippen molar-refractivity contribution in [1.29, 1.82) is 0 Å². The molecular formula is C20H20FN5O2. The van der Waals surface area contributed by atoms with E-state index in [1.54, 1.807) is 24.5 Å². The minimum absolute atomic E-state index is 0.0388. The highest BCUT2D eigenvalue weighted by Gasteiger charge is 2.79. The van der Waals surface area contributed by atoms with E-state index in [9.17, 15) is 9.18 Å². The first-order valence-corrected chi connectivity index (χ1v) is 8.93. The Morgan fingerprint density at radius 3 is 2.86 bits per heavy atom. The van der Waals surface area contributed by atoms with Gasteiger partial charge in [0.2, 0.25) is 5.88 Å². The highest BCUT2D eigenvalue weighted by molar-refractivity contribution is 6.05. The Morgan fingerprint density at radius 2 is 2.18 bits per heavy atom. The number of carbonyl (C=O) groups is 1. The lowest BCUT2D eigenvalue weighted by atomic mass is 9.95. The number of hydrogen-bond donors (Lipinski definition) is 2. The van der Waals surface area contributed by atoms with Gasteiger partial charge in [0.1, 0.15) is 17.1 Å². The largest absolute Gasteiger partial charge is 0.481 e. The average molecular weight is 381 g/mol. The number of pyridine rings is 2. The van der Waals surface area contributed by atoms with Gasteiger partial charge < -0.3 is 15.8 Å². The van der Waals surface area contributed by atoms with E-state index in [-0.39, 0.29) is 16.9 Å². The minimum Gasteiger partial charge on any atom is -0.481 e. The van der Waals surface area contributed by atoms with Gasteiger partial charge in [0.25, 0.3) is 5.91 Å². The number of anilines is 1. The first kappa shape index (κ1) is 18.1. The van der Waals surface area contributed by atoms with Crippen molar-refractivity contribution in [2.75, 3.05) is 12.4 Å². The van der Waals surface area contributed by atoms with E-state index in [1.807, 2.05) is 0 Å². The van der Waals surface area contributed by atoms with Gasteiger partial charge in [-0.05, 0) is 49.0 Å². The predicted molar refractivity (Wildman–Crippen MR) is 102 cm³/mol. The van der Waals surface area contributed by atoms with Crippen LogP contribution in [0.5, 0.6) is 5.88 Å². The molecule has 28 heavy (non-hydrogen) atoms. The van der Waals surface area contributed by atoms with E-state index in [4.69, 9.17) is 10.5 Å². The molecule has 2 aliphatic carbocycles. The van der Waals surface area contributed by atoms with Crippen molar-refractivity contribution in [3.05, 3.63) is 60.4 Å². The molecule has 2 heterocycles. The number of nitrogens with zero attached hydrogens (tertiary/aromatic N) is 3. The normalized spacial score (nSPS) is 22.3. The molecule has 4 rings (SSSR count). The van der Waals surface area contributed by atoms with Crippen LogP contribution in [-0.2, 0) is 10.2 Å². The Bertz CT molecular complexity index is 986. The van der Waals surface area contributed by atoms with Gasteiger partial charge >= 0.3 is 0 Å². The first-order chi connectivity index (χ1) is 13.5. The van der Waals surface area contributed by atoms with Crippen molar-refractivity contribution in [1.82, 2.24) is 9.97 Å². The second kappa shape index (κ2) is 6.70. The standard InChI is InChI=1S/C20H20FN5O2/c1-28-16-11-13(4-9-24-16)23-10-5-15(22)26-18(27)20(12-19(20)6-7-19)17-14(21)3-2-8-25-17/h2-5,8-11H,6-7,12H2,1H3,(H,23,24)(H2,22,26,27)/b10-5-. The van der Waals surface area contributed by atoms with E-state index in [2.05, 4.69) is 20.3 Å². The lowest BCUT2D eigenvalue weighted by Gasteiger charge is -2.13. The molecule has 0 bridgehead atoms. The second-order valence-electron chi connectivity index (χ2n) is 7.10. The number of hydrogen-bond acceptors (Lipinski definition) is 5. The fourth-order valence-electron chi connectivity index (χ4n) is 3.74. The van der Waals surface area contributed by atoms with Gasteiger partial charge in [-0.15, -0.1) is 0 Å². The number of aliphatic imine (C=N–C) groups is 1. The maximum atomic E-state index is 14.3. The van der Waals surface area contributed by atoms with Gasteiger partial charge in [0.05, 0.1) is 12.8 Å². The number of methoxy groups -OCH3 is 1. The molecule has 8 heteroatoms. The molecule has 0 radical (unpaired) electrons. The van der Waals surface area contributed by atoms with Crippen LogP contribution in [0, 0.1) is 11.2 Å². The van der Waals surface area contributed by atoms with Crippen molar-refractivity contribution in [2.24, 2.45) is 16.1 Å². The number of rotatable bonds is 6. The third-order valence-corrected chi connectivity index (χ3v) is 5.44. The lowest BCUT2D eigenvalue weighted by molar-refractivity contribution is -0.120. The quantitative estimate of drug-likeness (QED) is 0.589. The molecule has 1 atom stereocenters. The molecule has 0 aliphatic heterocycles.